The highest BCUT2D eigenvalue weighted by molar-refractivity contribution is 8.00. The number of piperazine rings is 1. The van der Waals surface area contributed by atoms with E-state index in [9.17, 15) is 14.9 Å². The second-order valence-corrected chi connectivity index (χ2v) is 7.46. The lowest BCUT2D eigenvalue weighted by molar-refractivity contribution is -0.384. The minimum absolute atomic E-state index is 0. The van der Waals surface area contributed by atoms with Gasteiger partial charge in [0.05, 0.1) is 16.2 Å². The molecule has 27 heavy (non-hydrogen) atoms. The summed E-state index contributed by atoms with van der Waals surface area (Å²) in [5, 5.41) is 13.8. The number of benzene rings is 1. The van der Waals surface area contributed by atoms with Crippen molar-refractivity contribution in [2.24, 2.45) is 0 Å². The lowest BCUT2D eigenvalue weighted by atomic mass is 10.0. The summed E-state index contributed by atoms with van der Waals surface area (Å²) in [6.45, 7) is 3.98. The fourth-order valence-electron chi connectivity index (χ4n) is 2.97. The van der Waals surface area contributed by atoms with Crippen molar-refractivity contribution >= 4 is 35.8 Å². The van der Waals surface area contributed by atoms with Crippen LogP contribution in [0.2, 0.25) is 0 Å². The van der Waals surface area contributed by atoms with Gasteiger partial charge in [0.1, 0.15) is 0 Å². The van der Waals surface area contributed by atoms with E-state index in [1.807, 2.05) is 24.0 Å². The summed E-state index contributed by atoms with van der Waals surface area (Å²) < 4.78 is 0. The van der Waals surface area contributed by atoms with Crippen LogP contribution in [0.1, 0.15) is 18.5 Å². The average molecular weight is 409 g/mol. The van der Waals surface area contributed by atoms with E-state index in [1.165, 1.54) is 23.9 Å². The molecule has 2 heterocycles. The largest absolute Gasteiger partial charge is 0.332 e. The number of halogens is 1. The Kier molecular flexibility index (Phi) is 7.58. The number of pyridine rings is 1. The van der Waals surface area contributed by atoms with Gasteiger partial charge in [-0.25, -0.2) is 0 Å². The molecule has 1 aliphatic rings. The van der Waals surface area contributed by atoms with Crippen molar-refractivity contribution in [3.05, 3.63) is 64.5 Å². The van der Waals surface area contributed by atoms with Gasteiger partial charge in [-0.05, 0) is 30.7 Å². The molecule has 1 aromatic heterocycles. The molecule has 2 aromatic rings. The van der Waals surface area contributed by atoms with Crippen molar-refractivity contribution in [1.82, 2.24) is 15.2 Å². The van der Waals surface area contributed by atoms with Crippen molar-refractivity contribution < 1.29 is 9.72 Å². The van der Waals surface area contributed by atoms with E-state index in [2.05, 4.69) is 10.3 Å². The third kappa shape index (κ3) is 5.18. The molecular weight excluding hydrogens is 388 g/mol. The van der Waals surface area contributed by atoms with Crippen molar-refractivity contribution in [3.8, 4) is 0 Å². The van der Waals surface area contributed by atoms with Crippen molar-refractivity contribution in [3.63, 3.8) is 0 Å². The second kappa shape index (κ2) is 9.68. The van der Waals surface area contributed by atoms with E-state index in [0.717, 1.165) is 17.0 Å². The number of hydrogen-bond donors (Lipinski definition) is 1. The fourth-order valence-corrected chi connectivity index (χ4v) is 3.91. The zero-order chi connectivity index (χ0) is 18.5. The van der Waals surface area contributed by atoms with Crippen LogP contribution in [0.5, 0.6) is 0 Å². The molecule has 0 spiro atoms. The topological polar surface area (TPSA) is 88.4 Å². The number of nitro benzene ring substituents is 1. The Morgan fingerprint density at radius 1 is 1.37 bits per heavy atom. The van der Waals surface area contributed by atoms with Crippen LogP contribution in [0.25, 0.3) is 0 Å². The predicted molar refractivity (Wildman–Crippen MR) is 107 cm³/mol. The Hall–Kier alpha value is -2.16. The third-order valence-corrected chi connectivity index (χ3v) is 5.40. The van der Waals surface area contributed by atoms with Gasteiger partial charge >= 0.3 is 0 Å². The summed E-state index contributed by atoms with van der Waals surface area (Å²) in [7, 11) is 0. The number of amides is 1. The number of hydrogen-bond acceptors (Lipinski definition) is 6. The number of carbonyl (C=O) groups is 1. The first-order valence-corrected chi connectivity index (χ1v) is 9.26. The van der Waals surface area contributed by atoms with E-state index in [4.69, 9.17) is 0 Å². The van der Waals surface area contributed by atoms with E-state index in [0.29, 0.717) is 13.1 Å². The third-order valence-electron chi connectivity index (χ3n) is 4.30. The van der Waals surface area contributed by atoms with Crippen LogP contribution in [0.3, 0.4) is 0 Å². The van der Waals surface area contributed by atoms with Crippen LogP contribution in [0.15, 0.2) is 53.7 Å². The number of non-ortho nitro benzene ring substituents is 1. The summed E-state index contributed by atoms with van der Waals surface area (Å²) in [6, 6.07) is 10.1. The number of aromatic nitrogens is 1. The molecule has 3 rings (SSSR count). The maximum Gasteiger partial charge on any atom is 0.269 e. The highest BCUT2D eigenvalue weighted by Crippen LogP contribution is 2.29. The zero-order valence-corrected chi connectivity index (χ0v) is 16.4. The van der Waals surface area contributed by atoms with Crippen LogP contribution >= 0.6 is 24.2 Å². The van der Waals surface area contributed by atoms with Crippen molar-refractivity contribution in [2.75, 3.05) is 19.6 Å². The monoisotopic (exact) mass is 408 g/mol. The molecule has 7 nitrogen and oxygen atoms in total. The SMILES string of the molecule is CC(Sc1ccc([N+](=O)[O-])cc1)C(=O)N1CCNCC1c1cccnc1.Cl. The fraction of sp³-hybridized carbons (Fsp3) is 0.333. The highest BCUT2D eigenvalue weighted by atomic mass is 35.5. The maximum atomic E-state index is 13.0. The molecule has 1 amide bonds. The maximum absolute atomic E-state index is 13.0. The molecule has 9 heteroatoms. The van der Waals surface area contributed by atoms with Crippen LogP contribution in [0, 0.1) is 10.1 Å². The van der Waals surface area contributed by atoms with Gasteiger partial charge in [-0.2, -0.15) is 0 Å². The molecule has 144 valence electrons. The van der Waals surface area contributed by atoms with Gasteiger partial charge < -0.3 is 10.2 Å². The number of thioether (sulfide) groups is 1. The normalized spacial score (nSPS) is 17.7. The lowest BCUT2D eigenvalue weighted by Gasteiger charge is -2.37. The molecule has 2 unspecified atom stereocenters. The van der Waals surface area contributed by atoms with Gasteiger partial charge in [-0.1, -0.05) is 6.07 Å². The molecule has 0 radical (unpaired) electrons. The van der Waals surface area contributed by atoms with Gasteiger partial charge in [-0.15, -0.1) is 24.2 Å². The summed E-state index contributed by atoms with van der Waals surface area (Å²) in [5.41, 5.74) is 1.06. The molecule has 1 saturated heterocycles. The van der Waals surface area contributed by atoms with Gasteiger partial charge in [0.15, 0.2) is 0 Å². The van der Waals surface area contributed by atoms with Crippen LogP contribution in [0.4, 0.5) is 5.69 Å². The van der Waals surface area contributed by atoms with E-state index in [1.54, 1.807) is 24.5 Å². The summed E-state index contributed by atoms with van der Waals surface area (Å²) in [6.07, 6.45) is 3.52. The number of carbonyl (C=O) groups excluding carboxylic acids is 1. The van der Waals surface area contributed by atoms with Crippen molar-refractivity contribution in [2.45, 2.75) is 23.1 Å². The van der Waals surface area contributed by atoms with E-state index < -0.39 is 4.92 Å². The van der Waals surface area contributed by atoms with E-state index in [-0.39, 0.29) is 35.3 Å². The van der Waals surface area contributed by atoms with Gasteiger partial charge in [0.2, 0.25) is 5.91 Å². The first-order valence-electron chi connectivity index (χ1n) is 8.38. The van der Waals surface area contributed by atoms with E-state index >= 15 is 0 Å². The molecule has 0 aliphatic carbocycles. The quantitative estimate of drug-likeness (QED) is 0.464. The van der Waals surface area contributed by atoms with Gasteiger partial charge in [0.25, 0.3) is 5.69 Å². The number of nitrogens with one attached hydrogen (secondary N) is 1. The Morgan fingerprint density at radius 3 is 2.74 bits per heavy atom. The summed E-state index contributed by atoms with van der Waals surface area (Å²) in [5.74, 6) is 0.0590. The van der Waals surface area contributed by atoms with Gasteiger partial charge in [-0.3, -0.25) is 19.9 Å². The first-order chi connectivity index (χ1) is 12.6. The standard InChI is InChI=1S/C18H20N4O3S.ClH/c1-13(26-16-6-4-15(5-7-16)22(24)25)18(23)21-10-9-20-12-17(21)14-3-2-8-19-11-14;/h2-8,11,13,17,20H,9-10,12H2,1H3;1H. The smallest absolute Gasteiger partial charge is 0.269 e. The van der Waals surface area contributed by atoms with Crippen LogP contribution in [-0.2, 0) is 4.79 Å². The molecule has 1 aliphatic heterocycles. The minimum atomic E-state index is -0.428. The lowest BCUT2D eigenvalue weighted by Crippen LogP contribution is -2.50. The molecule has 1 fully saturated rings. The summed E-state index contributed by atoms with van der Waals surface area (Å²) in [4.78, 5) is 30.2. The molecule has 1 N–H and O–H groups in total. The number of rotatable bonds is 5. The Morgan fingerprint density at radius 2 is 2.11 bits per heavy atom. The predicted octanol–water partition coefficient (Wildman–Crippen LogP) is 3.07. The van der Waals surface area contributed by atoms with Crippen molar-refractivity contribution in [1.29, 1.82) is 0 Å². The highest BCUT2D eigenvalue weighted by Gasteiger charge is 2.31. The molecule has 2 atom stereocenters. The number of nitrogens with zero attached hydrogens (tertiary/aromatic N) is 3. The van der Waals surface area contributed by atoms with Crippen LogP contribution in [-0.4, -0.2) is 45.6 Å². The molecule has 0 saturated carbocycles. The molecular formula is C18H21ClN4O3S. The number of nitro groups is 1. The summed E-state index contributed by atoms with van der Waals surface area (Å²) >= 11 is 1.41. The minimum Gasteiger partial charge on any atom is -0.332 e. The first kappa shape index (κ1) is 21.1. The average Bonchev–Trinajstić information content (AvgIpc) is 2.68. The Balaban J connectivity index is 0.00000261. The Labute approximate surface area is 168 Å². The Bertz CT molecular complexity index is 776. The van der Waals surface area contributed by atoms with Gasteiger partial charge in [0, 0.05) is 49.1 Å². The van der Waals surface area contributed by atoms with Crippen LogP contribution < -0.4 is 5.32 Å². The second-order valence-electron chi connectivity index (χ2n) is 6.05. The zero-order valence-electron chi connectivity index (χ0n) is 14.8. The molecule has 0 bridgehead atoms. The molecule has 1 aromatic carbocycles.